The third kappa shape index (κ3) is 4.03. The largest absolute Gasteiger partial charge is 0.423 e. The quantitative estimate of drug-likeness (QED) is 0.472. The maximum absolute atomic E-state index is 12.3. The topological polar surface area (TPSA) is 71.3 Å². The average molecular weight is 413 g/mol. The summed E-state index contributed by atoms with van der Waals surface area (Å²) >= 11 is 3.37. The van der Waals surface area contributed by atoms with Gasteiger partial charge in [-0.05, 0) is 35.9 Å². The highest BCUT2D eigenvalue weighted by molar-refractivity contribution is 9.10. The van der Waals surface area contributed by atoms with E-state index in [0.29, 0.717) is 29.9 Å². The Bertz CT molecular complexity index is 1030. The standard InChI is InChI=1S/C20H17BrN2O3/c1-2-9-22-20(25)16-5-3-4-6-17(16)23-12-13-10-19(24)26-18-11-14(21)7-8-15(13)18/h2-8,10-11,23H,1,9,12H2,(H,22,25). The number of hydrogen-bond donors (Lipinski definition) is 2. The van der Waals surface area contributed by atoms with Gasteiger partial charge in [0.2, 0.25) is 0 Å². The summed E-state index contributed by atoms with van der Waals surface area (Å²) in [6, 6.07) is 14.2. The van der Waals surface area contributed by atoms with E-state index in [0.717, 1.165) is 15.4 Å². The molecular weight excluding hydrogens is 396 g/mol. The summed E-state index contributed by atoms with van der Waals surface area (Å²) in [5.74, 6) is -0.186. The van der Waals surface area contributed by atoms with E-state index in [1.807, 2.05) is 24.3 Å². The summed E-state index contributed by atoms with van der Waals surface area (Å²) in [6.45, 7) is 4.38. The molecule has 1 amide bonds. The van der Waals surface area contributed by atoms with Crippen molar-refractivity contribution in [3.63, 3.8) is 0 Å². The molecule has 0 unspecified atom stereocenters. The van der Waals surface area contributed by atoms with E-state index in [4.69, 9.17) is 4.42 Å². The van der Waals surface area contributed by atoms with Gasteiger partial charge in [0, 0.05) is 34.7 Å². The second-order valence-electron chi connectivity index (χ2n) is 5.63. The van der Waals surface area contributed by atoms with Gasteiger partial charge in [0.1, 0.15) is 5.58 Å². The molecule has 0 aliphatic rings. The fourth-order valence-electron chi connectivity index (χ4n) is 2.64. The lowest BCUT2D eigenvalue weighted by Gasteiger charge is -2.13. The Morgan fingerprint density at radius 3 is 2.81 bits per heavy atom. The van der Waals surface area contributed by atoms with Gasteiger partial charge in [0.05, 0.1) is 5.56 Å². The molecule has 1 aromatic heterocycles. The van der Waals surface area contributed by atoms with Gasteiger partial charge in [0.25, 0.3) is 5.91 Å². The minimum atomic E-state index is -0.413. The predicted octanol–water partition coefficient (Wildman–Crippen LogP) is 4.08. The summed E-state index contributed by atoms with van der Waals surface area (Å²) in [7, 11) is 0. The molecule has 0 atom stereocenters. The Kier molecular flexibility index (Phi) is 5.53. The number of hydrogen-bond acceptors (Lipinski definition) is 4. The number of rotatable bonds is 6. The molecule has 0 fully saturated rings. The SMILES string of the molecule is C=CCNC(=O)c1ccccc1NCc1cc(=O)oc2cc(Br)ccc12. The summed E-state index contributed by atoms with van der Waals surface area (Å²) in [6.07, 6.45) is 1.63. The average Bonchev–Trinajstić information content (AvgIpc) is 2.63. The van der Waals surface area contributed by atoms with Crippen molar-refractivity contribution < 1.29 is 9.21 Å². The molecule has 0 saturated carbocycles. The van der Waals surface area contributed by atoms with Crippen LogP contribution in [0, 0.1) is 0 Å². The van der Waals surface area contributed by atoms with Crippen LogP contribution in [0.25, 0.3) is 11.0 Å². The predicted molar refractivity (Wildman–Crippen MR) is 106 cm³/mol. The maximum atomic E-state index is 12.3. The lowest BCUT2D eigenvalue weighted by Crippen LogP contribution is -2.24. The Morgan fingerprint density at radius 2 is 2.00 bits per heavy atom. The smallest absolute Gasteiger partial charge is 0.336 e. The van der Waals surface area contributed by atoms with Gasteiger partial charge in [-0.3, -0.25) is 4.79 Å². The number of nitrogens with one attached hydrogen (secondary N) is 2. The van der Waals surface area contributed by atoms with E-state index in [2.05, 4.69) is 33.1 Å². The monoisotopic (exact) mass is 412 g/mol. The Labute approximate surface area is 158 Å². The van der Waals surface area contributed by atoms with Crippen molar-refractivity contribution in [2.75, 3.05) is 11.9 Å². The molecule has 0 saturated heterocycles. The molecule has 0 spiro atoms. The van der Waals surface area contributed by atoms with Crippen LogP contribution in [0.5, 0.6) is 0 Å². The van der Waals surface area contributed by atoms with E-state index < -0.39 is 5.63 Å². The Morgan fingerprint density at radius 1 is 1.19 bits per heavy atom. The minimum absolute atomic E-state index is 0.186. The van der Waals surface area contributed by atoms with E-state index in [1.54, 1.807) is 24.3 Å². The van der Waals surface area contributed by atoms with Gasteiger partial charge in [-0.2, -0.15) is 0 Å². The van der Waals surface area contributed by atoms with Crippen LogP contribution in [0.2, 0.25) is 0 Å². The molecule has 132 valence electrons. The number of anilines is 1. The molecular formula is C20H17BrN2O3. The third-order valence-electron chi connectivity index (χ3n) is 3.84. The van der Waals surface area contributed by atoms with E-state index >= 15 is 0 Å². The van der Waals surface area contributed by atoms with Crippen molar-refractivity contribution in [3.05, 3.63) is 87.2 Å². The van der Waals surface area contributed by atoms with Crippen molar-refractivity contribution in [2.24, 2.45) is 0 Å². The molecule has 2 aromatic carbocycles. The molecule has 6 heteroatoms. The molecule has 5 nitrogen and oxygen atoms in total. The summed E-state index contributed by atoms with van der Waals surface area (Å²) in [5, 5.41) is 6.85. The van der Waals surface area contributed by atoms with E-state index in [9.17, 15) is 9.59 Å². The highest BCUT2D eigenvalue weighted by Crippen LogP contribution is 2.23. The van der Waals surface area contributed by atoms with Crippen LogP contribution >= 0.6 is 15.9 Å². The Hall–Kier alpha value is -2.86. The molecule has 1 heterocycles. The lowest BCUT2D eigenvalue weighted by molar-refractivity contribution is 0.0959. The fraction of sp³-hybridized carbons (Fsp3) is 0.100. The molecule has 0 aliphatic heterocycles. The number of carbonyl (C=O) groups excluding carboxylic acids is 1. The van der Waals surface area contributed by atoms with Crippen molar-refractivity contribution in [3.8, 4) is 0 Å². The van der Waals surface area contributed by atoms with Gasteiger partial charge in [-0.1, -0.05) is 34.1 Å². The number of amides is 1. The van der Waals surface area contributed by atoms with E-state index in [1.165, 1.54) is 6.07 Å². The molecule has 0 radical (unpaired) electrons. The zero-order valence-corrected chi connectivity index (χ0v) is 15.5. The van der Waals surface area contributed by atoms with Crippen LogP contribution in [0.4, 0.5) is 5.69 Å². The summed E-state index contributed by atoms with van der Waals surface area (Å²) in [4.78, 5) is 24.1. The number of carbonyl (C=O) groups is 1. The number of halogens is 1. The summed E-state index contributed by atoms with van der Waals surface area (Å²) < 4.78 is 6.09. The fourth-order valence-corrected chi connectivity index (χ4v) is 2.98. The zero-order chi connectivity index (χ0) is 18.5. The van der Waals surface area contributed by atoms with E-state index in [-0.39, 0.29) is 5.91 Å². The maximum Gasteiger partial charge on any atom is 0.336 e. The van der Waals surface area contributed by atoms with Crippen LogP contribution < -0.4 is 16.3 Å². The molecule has 3 rings (SSSR count). The second kappa shape index (κ2) is 8.01. The van der Waals surface area contributed by atoms with Crippen molar-refractivity contribution in [1.82, 2.24) is 5.32 Å². The highest BCUT2D eigenvalue weighted by atomic mass is 79.9. The van der Waals surface area contributed by atoms with Gasteiger partial charge < -0.3 is 15.1 Å². The zero-order valence-electron chi connectivity index (χ0n) is 13.9. The first-order valence-electron chi connectivity index (χ1n) is 8.03. The summed E-state index contributed by atoms with van der Waals surface area (Å²) in [5.41, 5.74) is 2.12. The van der Waals surface area contributed by atoms with Gasteiger partial charge in [0.15, 0.2) is 0 Å². The van der Waals surface area contributed by atoms with Crippen LogP contribution in [0.3, 0.4) is 0 Å². The number of benzene rings is 2. The molecule has 3 aromatic rings. The first kappa shape index (κ1) is 17.9. The molecule has 2 N–H and O–H groups in total. The van der Waals surface area contributed by atoms with Gasteiger partial charge >= 0.3 is 5.63 Å². The number of fused-ring (bicyclic) bond motifs is 1. The Balaban J connectivity index is 1.88. The minimum Gasteiger partial charge on any atom is -0.423 e. The third-order valence-corrected chi connectivity index (χ3v) is 4.33. The number of para-hydroxylation sites is 1. The molecule has 0 aliphatic carbocycles. The lowest BCUT2D eigenvalue weighted by atomic mass is 10.1. The first-order valence-corrected chi connectivity index (χ1v) is 8.82. The van der Waals surface area contributed by atoms with Crippen molar-refractivity contribution in [1.29, 1.82) is 0 Å². The van der Waals surface area contributed by atoms with Crippen LogP contribution in [-0.2, 0) is 6.54 Å². The normalized spacial score (nSPS) is 10.5. The van der Waals surface area contributed by atoms with Crippen LogP contribution in [-0.4, -0.2) is 12.5 Å². The van der Waals surface area contributed by atoms with Crippen molar-refractivity contribution >= 4 is 38.5 Å². The molecule has 0 bridgehead atoms. The highest BCUT2D eigenvalue weighted by Gasteiger charge is 2.11. The van der Waals surface area contributed by atoms with Gasteiger partial charge in [-0.25, -0.2) is 4.79 Å². The van der Waals surface area contributed by atoms with Crippen LogP contribution in [0.1, 0.15) is 15.9 Å². The second-order valence-corrected chi connectivity index (χ2v) is 6.54. The molecule has 26 heavy (non-hydrogen) atoms. The first-order chi connectivity index (χ1) is 12.6. The van der Waals surface area contributed by atoms with Crippen molar-refractivity contribution in [2.45, 2.75) is 6.54 Å². The van der Waals surface area contributed by atoms with Gasteiger partial charge in [-0.15, -0.1) is 6.58 Å². The van der Waals surface area contributed by atoms with Crippen LogP contribution in [0.15, 0.2) is 74.9 Å².